The van der Waals surface area contributed by atoms with Crippen molar-refractivity contribution in [1.29, 1.82) is 0 Å². The second-order valence-corrected chi connectivity index (χ2v) is 6.90. The van der Waals surface area contributed by atoms with Gasteiger partial charge in [-0.1, -0.05) is 35.9 Å². The van der Waals surface area contributed by atoms with Gasteiger partial charge in [-0.05, 0) is 42.7 Å². The van der Waals surface area contributed by atoms with Gasteiger partial charge in [-0.25, -0.2) is 4.39 Å². The summed E-state index contributed by atoms with van der Waals surface area (Å²) in [7, 11) is 0. The summed E-state index contributed by atoms with van der Waals surface area (Å²) in [5.41, 5.74) is 1.23. The number of nitrogens with one attached hydrogen (secondary N) is 1. The maximum absolute atomic E-state index is 13.5. The van der Waals surface area contributed by atoms with Crippen LogP contribution in [0.5, 0.6) is 5.75 Å². The molecule has 2 aromatic carbocycles. The molecular formula is C20H22ClFN2O2. The number of hydrogen-bond acceptors (Lipinski definition) is 3. The number of rotatable bonds is 6. The SMILES string of the molecule is O=C(COc1ccccc1F)NC1CCN(Cc2ccc(Cl)cc2)CC1. The lowest BCUT2D eigenvalue weighted by molar-refractivity contribution is -0.124. The minimum Gasteiger partial charge on any atom is -0.481 e. The fourth-order valence-electron chi connectivity index (χ4n) is 3.06. The van der Waals surface area contributed by atoms with Crippen LogP contribution in [-0.2, 0) is 11.3 Å². The monoisotopic (exact) mass is 376 g/mol. The number of amides is 1. The van der Waals surface area contributed by atoms with Crippen LogP contribution in [0, 0.1) is 5.82 Å². The summed E-state index contributed by atoms with van der Waals surface area (Å²) in [4.78, 5) is 14.4. The molecule has 6 heteroatoms. The Bertz CT molecular complexity index is 731. The van der Waals surface area contributed by atoms with E-state index in [1.807, 2.05) is 24.3 Å². The first-order valence-corrected chi connectivity index (χ1v) is 9.11. The molecule has 4 nitrogen and oxygen atoms in total. The number of piperidine rings is 1. The van der Waals surface area contributed by atoms with Crippen LogP contribution in [-0.4, -0.2) is 36.5 Å². The maximum atomic E-state index is 13.5. The number of hydrogen-bond donors (Lipinski definition) is 1. The highest BCUT2D eigenvalue weighted by atomic mass is 35.5. The summed E-state index contributed by atoms with van der Waals surface area (Å²) in [5.74, 6) is -0.583. The normalized spacial score (nSPS) is 15.6. The lowest BCUT2D eigenvalue weighted by Crippen LogP contribution is -2.45. The Morgan fingerprint density at radius 3 is 2.54 bits per heavy atom. The van der Waals surface area contributed by atoms with Gasteiger partial charge >= 0.3 is 0 Å². The third kappa shape index (κ3) is 5.44. The fourth-order valence-corrected chi connectivity index (χ4v) is 3.18. The molecule has 1 amide bonds. The first-order chi connectivity index (χ1) is 12.6. The van der Waals surface area contributed by atoms with E-state index in [9.17, 15) is 9.18 Å². The van der Waals surface area contributed by atoms with Crippen LogP contribution in [0.2, 0.25) is 5.02 Å². The lowest BCUT2D eigenvalue weighted by Gasteiger charge is -2.32. The van der Waals surface area contributed by atoms with E-state index in [-0.39, 0.29) is 24.3 Å². The van der Waals surface area contributed by atoms with Crippen molar-refractivity contribution in [3.63, 3.8) is 0 Å². The Morgan fingerprint density at radius 2 is 1.85 bits per heavy atom. The van der Waals surface area contributed by atoms with Crippen molar-refractivity contribution < 1.29 is 13.9 Å². The molecule has 0 radical (unpaired) electrons. The van der Waals surface area contributed by atoms with Gasteiger partial charge in [0.05, 0.1) is 0 Å². The van der Waals surface area contributed by atoms with Crippen molar-refractivity contribution in [1.82, 2.24) is 10.2 Å². The second-order valence-electron chi connectivity index (χ2n) is 6.46. The van der Waals surface area contributed by atoms with Gasteiger partial charge in [-0.3, -0.25) is 9.69 Å². The third-order valence-corrected chi connectivity index (χ3v) is 4.72. The minimum atomic E-state index is -0.462. The molecule has 0 unspecified atom stereocenters. The number of carbonyl (C=O) groups excluding carboxylic acids is 1. The highest BCUT2D eigenvalue weighted by Crippen LogP contribution is 2.17. The molecule has 1 saturated heterocycles. The van der Waals surface area contributed by atoms with Crippen LogP contribution in [0.3, 0.4) is 0 Å². The Hall–Kier alpha value is -2.11. The largest absolute Gasteiger partial charge is 0.481 e. The first-order valence-electron chi connectivity index (χ1n) is 8.73. The van der Waals surface area contributed by atoms with Gasteiger partial charge in [0.1, 0.15) is 0 Å². The van der Waals surface area contributed by atoms with E-state index >= 15 is 0 Å². The van der Waals surface area contributed by atoms with Crippen molar-refractivity contribution in [2.45, 2.75) is 25.4 Å². The van der Waals surface area contributed by atoms with Crippen LogP contribution in [0.25, 0.3) is 0 Å². The highest BCUT2D eigenvalue weighted by Gasteiger charge is 2.21. The zero-order valence-corrected chi connectivity index (χ0v) is 15.2. The number of para-hydroxylation sites is 1. The molecular weight excluding hydrogens is 355 g/mol. The van der Waals surface area contributed by atoms with E-state index in [4.69, 9.17) is 16.3 Å². The summed E-state index contributed by atoms with van der Waals surface area (Å²) in [6.45, 7) is 2.55. The van der Waals surface area contributed by atoms with E-state index in [2.05, 4.69) is 10.2 Å². The molecule has 1 aliphatic heterocycles. The van der Waals surface area contributed by atoms with Crippen LogP contribution in [0.1, 0.15) is 18.4 Å². The molecule has 1 N–H and O–H groups in total. The van der Waals surface area contributed by atoms with E-state index < -0.39 is 5.82 Å². The molecule has 0 bridgehead atoms. The zero-order chi connectivity index (χ0) is 18.4. The summed E-state index contributed by atoms with van der Waals surface area (Å²) in [6, 6.07) is 14.1. The Balaban J connectivity index is 1.38. The summed E-state index contributed by atoms with van der Waals surface area (Å²) < 4.78 is 18.7. The second kappa shape index (κ2) is 9.01. The number of halogens is 2. The number of nitrogens with zero attached hydrogens (tertiary/aromatic N) is 1. The zero-order valence-electron chi connectivity index (χ0n) is 14.5. The molecule has 1 heterocycles. The van der Waals surface area contributed by atoms with Crippen molar-refractivity contribution in [2.75, 3.05) is 19.7 Å². The molecule has 0 aromatic heterocycles. The molecule has 2 aromatic rings. The molecule has 26 heavy (non-hydrogen) atoms. The predicted octanol–water partition coefficient (Wildman–Crippen LogP) is 3.64. The fraction of sp³-hybridized carbons (Fsp3) is 0.350. The van der Waals surface area contributed by atoms with Gasteiger partial charge in [0.25, 0.3) is 5.91 Å². The average molecular weight is 377 g/mol. The van der Waals surface area contributed by atoms with Gasteiger partial charge in [0, 0.05) is 30.7 Å². The van der Waals surface area contributed by atoms with Gasteiger partial charge in [-0.2, -0.15) is 0 Å². The van der Waals surface area contributed by atoms with Gasteiger partial charge < -0.3 is 10.1 Å². The number of likely N-dealkylation sites (tertiary alicyclic amines) is 1. The quantitative estimate of drug-likeness (QED) is 0.836. The van der Waals surface area contributed by atoms with Crippen molar-refractivity contribution in [3.05, 3.63) is 64.9 Å². The van der Waals surface area contributed by atoms with Gasteiger partial charge in [0.15, 0.2) is 18.2 Å². The van der Waals surface area contributed by atoms with Gasteiger partial charge in [-0.15, -0.1) is 0 Å². The van der Waals surface area contributed by atoms with E-state index in [0.717, 1.165) is 37.5 Å². The van der Waals surface area contributed by atoms with Crippen LogP contribution < -0.4 is 10.1 Å². The molecule has 0 atom stereocenters. The molecule has 3 rings (SSSR count). The smallest absolute Gasteiger partial charge is 0.258 e. The minimum absolute atomic E-state index is 0.0976. The van der Waals surface area contributed by atoms with Crippen molar-refractivity contribution in [3.8, 4) is 5.75 Å². The Kier molecular flexibility index (Phi) is 6.47. The third-order valence-electron chi connectivity index (χ3n) is 4.47. The first kappa shape index (κ1) is 18.7. The molecule has 1 aliphatic rings. The lowest BCUT2D eigenvalue weighted by atomic mass is 10.0. The Morgan fingerprint density at radius 1 is 1.15 bits per heavy atom. The van der Waals surface area contributed by atoms with Crippen LogP contribution in [0.4, 0.5) is 4.39 Å². The maximum Gasteiger partial charge on any atom is 0.258 e. The summed E-state index contributed by atoms with van der Waals surface area (Å²) >= 11 is 5.91. The molecule has 0 saturated carbocycles. The number of ether oxygens (including phenoxy) is 1. The van der Waals surface area contributed by atoms with E-state index in [0.29, 0.717) is 0 Å². The predicted molar refractivity (Wildman–Crippen MR) is 99.8 cm³/mol. The van der Waals surface area contributed by atoms with E-state index in [1.54, 1.807) is 12.1 Å². The summed E-state index contributed by atoms with van der Waals surface area (Å²) in [5, 5.41) is 3.71. The topological polar surface area (TPSA) is 41.6 Å². The molecule has 138 valence electrons. The number of benzene rings is 2. The Labute approximate surface area is 157 Å². The van der Waals surface area contributed by atoms with Crippen LogP contribution >= 0.6 is 11.6 Å². The standard InChI is InChI=1S/C20H22ClFN2O2/c21-16-7-5-15(6-8-16)13-24-11-9-17(10-12-24)23-20(25)14-26-19-4-2-1-3-18(19)22/h1-8,17H,9-14H2,(H,23,25). The molecule has 1 fully saturated rings. The highest BCUT2D eigenvalue weighted by molar-refractivity contribution is 6.30. The molecule has 0 spiro atoms. The average Bonchev–Trinajstić information content (AvgIpc) is 2.64. The molecule has 0 aliphatic carbocycles. The number of carbonyl (C=O) groups is 1. The van der Waals surface area contributed by atoms with Crippen molar-refractivity contribution in [2.24, 2.45) is 0 Å². The van der Waals surface area contributed by atoms with Gasteiger partial charge in [0.2, 0.25) is 0 Å². The summed E-state index contributed by atoms with van der Waals surface area (Å²) in [6.07, 6.45) is 1.78. The van der Waals surface area contributed by atoms with E-state index in [1.165, 1.54) is 17.7 Å². The van der Waals surface area contributed by atoms with Crippen molar-refractivity contribution >= 4 is 17.5 Å². The van der Waals surface area contributed by atoms with Crippen LogP contribution in [0.15, 0.2) is 48.5 Å².